The number of rotatable bonds is 17. The molecule has 0 radical (unpaired) electrons. The summed E-state index contributed by atoms with van der Waals surface area (Å²) < 4.78 is 137. The number of carbonyl (C=O) groups excluding carboxylic acids is 4. The van der Waals surface area contributed by atoms with Gasteiger partial charge in [-0.1, -0.05) is 0 Å². The number of aliphatic hydroxyl groups excluding tert-OH is 6. The predicted octanol–water partition coefficient (Wildman–Crippen LogP) is 2.80. The molecule has 34 heteroatoms. The zero-order valence-corrected chi connectivity index (χ0v) is 57.0. The van der Waals surface area contributed by atoms with E-state index in [2.05, 4.69) is 0 Å². The van der Waals surface area contributed by atoms with Crippen molar-refractivity contribution < 1.29 is 164 Å². The third kappa shape index (κ3) is 14.0. The summed E-state index contributed by atoms with van der Waals surface area (Å²) in [5.41, 5.74) is 3.57. The van der Waals surface area contributed by atoms with Gasteiger partial charge >= 0.3 is 24.2 Å². The van der Waals surface area contributed by atoms with E-state index < -0.39 is 177 Å². The molecule has 9 heterocycles. The van der Waals surface area contributed by atoms with Gasteiger partial charge in [-0.15, -0.1) is 0 Å². The van der Waals surface area contributed by atoms with Crippen molar-refractivity contribution in [2.45, 2.75) is 144 Å². The maximum Gasteiger partial charge on any atom is 0.514 e. The number of aliphatic hydroxyl groups is 6. The van der Waals surface area contributed by atoms with Gasteiger partial charge in [0.1, 0.15) is 74.3 Å². The van der Waals surface area contributed by atoms with Crippen LogP contribution in [0.2, 0.25) is 0 Å². The molecule has 6 N–H and O–H groups in total. The fraction of sp³-hybridized carbons (Fsp3) is 0.594. The Kier molecular flexibility index (Phi) is 20.7. The van der Waals surface area contributed by atoms with Gasteiger partial charge in [-0.05, 0) is 110 Å². The number of hydrogen-bond donors (Lipinski definition) is 6. The van der Waals surface area contributed by atoms with Gasteiger partial charge in [0.2, 0.25) is 25.1 Å². The van der Waals surface area contributed by atoms with Gasteiger partial charge in [-0.3, -0.25) is 9.59 Å². The second-order valence-electron chi connectivity index (χ2n) is 26.6. The third-order valence-electron chi connectivity index (χ3n) is 19.9. The van der Waals surface area contributed by atoms with Crippen molar-refractivity contribution in [1.29, 1.82) is 0 Å². The molecule has 7 fully saturated rings. The molecule has 4 aromatic rings. The second kappa shape index (κ2) is 29.6. The molecule has 0 aromatic heterocycles. The summed E-state index contributed by atoms with van der Waals surface area (Å²) in [6.07, 6.45) is -18.2. The Balaban J connectivity index is 0.000000175. The molecule has 103 heavy (non-hydrogen) atoms. The van der Waals surface area contributed by atoms with Crippen LogP contribution in [0, 0.1) is 23.7 Å². The summed E-state index contributed by atoms with van der Waals surface area (Å²) in [4.78, 5) is 52.6. The normalized spacial score (nSPS) is 34.1. The van der Waals surface area contributed by atoms with Crippen molar-refractivity contribution >= 4 is 24.2 Å². The fourth-order valence-electron chi connectivity index (χ4n) is 15.1. The van der Waals surface area contributed by atoms with E-state index in [1.807, 2.05) is 0 Å². The van der Waals surface area contributed by atoms with Gasteiger partial charge in [-0.2, -0.15) is 0 Å². The van der Waals surface area contributed by atoms with Crippen LogP contribution >= 0.6 is 0 Å². The number of hydrogen-bond acceptors (Lipinski definition) is 34. The first-order valence-corrected chi connectivity index (χ1v) is 33.5. The molecule has 0 bridgehead atoms. The highest BCUT2D eigenvalue weighted by Gasteiger charge is 2.59. The number of carbonyl (C=O) groups is 4. The van der Waals surface area contributed by atoms with E-state index in [1.165, 1.54) is 28.4 Å². The molecule has 11 aliphatic rings. The molecular formula is C69H80O34. The molecule has 4 aromatic carbocycles. The molecule has 0 saturated carbocycles. The second-order valence-corrected chi connectivity index (χ2v) is 26.6. The largest absolute Gasteiger partial charge is 0.514 e. The minimum atomic E-state index is -1.49. The third-order valence-corrected chi connectivity index (χ3v) is 19.9. The molecule has 2 aliphatic carbocycles. The van der Waals surface area contributed by atoms with Crippen molar-refractivity contribution in [1.82, 2.24) is 0 Å². The number of ether oxygens (including phenoxy) is 24. The maximum absolute atomic E-state index is 13.7. The van der Waals surface area contributed by atoms with Gasteiger partial charge in [-0.25, -0.2) is 9.59 Å². The summed E-state index contributed by atoms with van der Waals surface area (Å²) in [6.45, 7) is 6.09. The van der Waals surface area contributed by atoms with Crippen LogP contribution in [0.5, 0.6) is 57.5 Å². The molecule has 0 spiro atoms. The molecular weight excluding hydrogens is 1370 g/mol. The van der Waals surface area contributed by atoms with Gasteiger partial charge in [0.25, 0.3) is 0 Å². The number of esters is 2. The van der Waals surface area contributed by atoms with Crippen molar-refractivity contribution in [3.63, 3.8) is 0 Å². The van der Waals surface area contributed by atoms with Crippen molar-refractivity contribution in [2.24, 2.45) is 23.7 Å². The van der Waals surface area contributed by atoms with E-state index in [4.69, 9.17) is 119 Å². The lowest BCUT2D eigenvalue weighted by molar-refractivity contribution is -0.364. The minimum Gasteiger partial charge on any atom is -0.493 e. The standard InChI is InChI=1S/C36H42O17.C33H38O17/c1-15-43-13-25-32(49-15)28(37)29(38)34(50-25)51-30-19-9-22-21(46-14-47-22)8-18(19)26(27-20(30)12-44-33(27)39)16-6-23(41-4)31(24(7-16)42-5)52-35(40)45-10-17-11-48-36(2,3)53-17;1-13-42-11-23-30(47-13)26(36)27(37)32(48-23)49-28-17-7-20-19(45-12-46-20)6-16(17)24(25-18(28)10-43-31(25)38)14-4-21(40-2)29(22(5-14)41-3)50-33(39)44-9-15(35)8-34/h6-9,15,17,20,25-30,32,34,37-38H,10-14H2,1-5H3;4-7,13,15,18,23-28,30,32,34-37H,8-12H2,1-3H3/t15?,17?,20?,25?,26-,27?,28?,29?,30?,32?,34?;13?,15?,18?,23?,24-,25?,26?,27?,28?,30?,32?/m11/s1. The van der Waals surface area contributed by atoms with Crippen LogP contribution < -0.4 is 47.4 Å². The molecule has 34 nitrogen and oxygen atoms in total. The lowest BCUT2D eigenvalue weighted by atomic mass is 9.66. The summed E-state index contributed by atoms with van der Waals surface area (Å²) in [5.74, 6) is -3.94. The van der Waals surface area contributed by atoms with E-state index in [0.29, 0.717) is 56.4 Å². The first-order chi connectivity index (χ1) is 49.5. The topological polar surface area (TPSA) is 411 Å². The summed E-state index contributed by atoms with van der Waals surface area (Å²) in [6, 6.07) is 13.5. The summed E-state index contributed by atoms with van der Waals surface area (Å²) >= 11 is 0. The lowest BCUT2D eigenvalue weighted by Gasteiger charge is -2.47. The molecule has 560 valence electrons. The smallest absolute Gasteiger partial charge is 0.493 e. The van der Waals surface area contributed by atoms with E-state index in [-0.39, 0.29) is 87.7 Å². The molecule has 15 rings (SSSR count). The maximum atomic E-state index is 13.7. The highest BCUT2D eigenvalue weighted by Crippen LogP contribution is 2.60. The number of fused-ring (bicyclic) bond motifs is 8. The van der Waals surface area contributed by atoms with Crippen LogP contribution in [0.1, 0.15) is 85.1 Å². The molecule has 7 saturated heterocycles. The van der Waals surface area contributed by atoms with E-state index in [9.17, 15) is 44.7 Å². The monoisotopic (exact) mass is 1450 g/mol. The lowest BCUT2D eigenvalue weighted by Crippen LogP contribution is -2.63. The molecule has 0 amide bonds. The number of benzene rings is 4. The minimum absolute atomic E-state index is 0.00601. The van der Waals surface area contributed by atoms with Crippen molar-refractivity contribution in [3.05, 3.63) is 81.9 Å². The Labute approximate surface area is 587 Å². The van der Waals surface area contributed by atoms with E-state index in [1.54, 1.807) is 76.2 Å². The highest BCUT2D eigenvalue weighted by atomic mass is 16.8. The Morgan fingerprint density at radius 1 is 0.534 bits per heavy atom. The molecule has 9 aliphatic heterocycles. The van der Waals surface area contributed by atoms with Crippen molar-refractivity contribution in [3.8, 4) is 57.5 Å². The highest BCUT2D eigenvalue weighted by molar-refractivity contribution is 5.80. The first kappa shape index (κ1) is 72.1. The van der Waals surface area contributed by atoms with E-state index in [0.717, 1.165) is 0 Å². The molecule has 20 unspecified atom stereocenters. The zero-order chi connectivity index (χ0) is 72.4. The van der Waals surface area contributed by atoms with Crippen LogP contribution in [-0.2, 0) is 75.9 Å². The number of cyclic esters (lactones) is 2. The number of methoxy groups -OCH3 is 4. The summed E-state index contributed by atoms with van der Waals surface area (Å²) in [7, 11) is 5.52. The Morgan fingerprint density at radius 3 is 1.33 bits per heavy atom. The predicted molar refractivity (Wildman–Crippen MR) is 335 cm³/mol. The summed E-state index contributed by atoms with van der Waals surface area (Å²) in [5, 5.41) is 62.9. The van der Waals surface area contributed by atoms with Crippen LogP contribution in [-0.4, -0.2) is 242 Å². The van der Waals surface area contributed by atoms with Crippen LogP contribution in [0.4, 0.5) is 9.59 Å². The van der Waals surface area contributed by atoms with Crippen LogP contribution in [0.25, 0.3) is 0 Å². The van der Waals surface area contributed by atoms with E-state index >= 15 is 0 Å². The van der Waals surface area contributed by atoms with Crippen molar-refractivity contribution in [2.75, 3.05) is 94.9 Å². The SMILES string of the molecule is COc1cc([C@@H]2c3cc4c(cc3C(OC3OC5COC(C)OC5C(O)C3O)C3COC(=O)C32)OCO4)cc(OC)c1OC(=O)OCC(O)CO.COc1cc([C@@H]2c3cc4c(cc3C(OC3OC5COC(C)OC5C(O)C3O)C3COC(=O)C32)OCO4)cc(OC)c1OC(=O)OCC1COC(C)(C)O1. The fourth-order valence-corrected chi connectivity index (χ4v) is 15.1. The first-order valence-electron chi connectivity index (χ1n) is 33.5. The average molecular weight is 1450 g/mol. The molecule has 22 atom stereocenters. The Bertz CT molecular complexity index is 3760. The van der Waals surface area contributed by atoms with Gasteiger partial charge in [0, 0.05) is 23.7 Å². The Morgan fingerprint density at radius 2 is 0.942 bits per heavy atom. The zero-order valence-electron chi connectivity index (χ0n) is 57.0. The van der Waals surface area contributed by atoms with Gasteiger partial charge < -0.3 is 144 Å². The van der Waals surface area contributed by atoms with Gasteiger partial charge in [0.15, 0.2) is 76.9 Å². The van der Waals surface area contributed by atoms with Gasteiger partial charge in [0.05, 0.1) is 92.1 Å². The average Bonchev–Trinajstić information content (AvgIpc) is 1.67. The van der Waals surface area contributed by atoms with Crippen LogP contribution in [0.15, 0.2) is 48.5 Å². The quantitative estimate of drug-likeness (QED) is 0.0503. The Hall–Kier alpha value is -7.88. The van der Waals surface area contributed by atoms with Crippen LogP contribution in [0.3, 0.4) is 0 Å².